The highest BCUT2D eigenvalue weighted by atomic mass is 16.6. The molecule has 21 heavy (non-hydrogen) atoms. The van der Waals surface area contributed by atoms with Gasteiger partial charge in [-0.25, -0.2) is 0 Å². The Balaban J connectivity index is 2.48. The molecule has 0 aliphatic carbocycles. The van der Waals surface area contributed by atoms with Crippen molar-refractivity contribution in [3.8, 4) is 0 Å². The number of unbranched alkanes of at least 4 members (excludes halogenated alkanes) is 2. The van der Waals surface area contributed by atoms with E-state index in [9.17, 15) is 14.9 Å². The summed E-state index contributed by atoms with van der Waals surface area (Å²) < 4.78 is 0. The second-order valence-electron chi connectivity index (χ2n) is 5.97. The van der Waals surface area contributed by atoms with Gasteiger partial charge in [0, 0.05) is 12.6 Å². The highest BCUT2D eigenvalue weighted by molar-refractivity contribution is 6.08. The van der Waals surface area contributed by atoms with Crippen molar-refractivity contribution in [1.29, 1.82) is 0 Å². The second-order valence-corrected chi connectivity index (χ2v) is 5.97. The van der Waals surface area contributed by atoms with E-state index in [4.69, 9.17) is 5.73 Å². The van der Waals surface area contributed by atoms with E-state index in [2.05, 4.69) is 6.92 Å². The van der Waals surface area contributed by atoms with Gasteiger partial charge in [0.05, 0.1) is 16.0 Å². The summed E-state index contributed by atoms with van der Waals surface area (Å²) in [5.74, 6) is -0.0199. The van der Waals surface area contributed by atoms with Crippen LogP contribution in [0.5, 0.6) is 0 Å². The molecule has 0 bridgehead atoms. The molecular formula is C15H21N3O3. The van der Waals surface area contributed by atoms with Gasteiger partial charge in [0.1, 0.15) is 5.69 Å². The van der Waals surface area contributed by atoms with Crippen molar-refractivity contribution >= 4 is 23.0 Å². The summed E-state index contributed by atoms with van der Waals surface area (Å²) >= 11 is 0. The molecule has 1 aromatic rings. The third-order valence-electron chi connectivity index (χ3n) is 4.07. The number of amides is 1. The monoisotopic (exact) mass is 291 g/mol. The van der Waals surface area contributed by atoms with Crippen LogP contribution in [0.4, 0.5) is 17.1 Å². The van der Waals surface area contributed by atoms with Crippen molar-refractivity contribution in [3.63, 3.8) is 0 Å². The van der Waals surface area contributed by atoms with Crippen LogP contribution in [0.25, 0.3) is 0 Å². The first kappa shape index (κ1) is 15.3. The van der Waals surface area contributed by atoms with Gasteiger partial charge in [0.15, 0.2) is 0 Å². The number of carbonyl (C=O) groups is 1. The molecule has 0 spiro atoms. The van der Waals surface area contributed by atoms with Gasteiger partial charge in [-0.15, -0.1) is 0 Å². The molecular weight excluding hydrogens is 270 g/mol. The Hall–Kier alpha value is -2.11. The molecule has 0 radical (unpaired) electrons. The van der Waals surface area contributed by atoms with Gasteiger partial charge < -0.3 is 10.6 Å². The van der Waals surface area contributed by atoms with Crippen molar-refractivity contribution in [1.82, 2.24) is 0 Å². The average molecular weight is 291 g/mol. The van der Waals surface area contributed by atoms with E-state index in [1.807, 2.05) is 13.8 Å². The fourth-order valence-corrected chi connectivity index (χ4v) is 2.78. The van der Waals surface area contributed by atoms with Gasteiger partial charge in [0.2, 0.25) is 5.91 Å². The Bertz CT molecular complexity index is 596. The van der Waals surface area contributed by atoms with Gasteiger partial charge in [-0.05, 0) is 31.9 Å². The minimum Gasteiger partial charge on any atom is -0.393 e. The maximum absolute atomic E-state index is 12.6. The topological polar surface area (TPSA) is 89.5 Å². The number of fused-ring (bicyclic) bond motifs is 1. The van der Waals surface area contributed by atoms with Gasteiger partial charge in [0.25, 0.3) is 5.69 Å². The number of nitro benzene ring substituents is 1. The molecule has 114 valence electrons. The number of carbonyl (C=O) groups excluding carboxylic acids is 1. The van der Waals surface area contributed by atoms with Crippen molar-refractivity contribution in [2.45, 2.75) is 45.4 Å². The first-order valence-corrected chi connectivity index (χ1v) is 7.21. The zero-order valence-corrected chi connectivity index (χ0v) is 12.7. The molecule has 6 heteroatoms. The lowest BCUT2D eigenvalue weighted by Gasteiger charge is -2.20. The minimum absolute atomic E-state index is 0.0199. The average Bonchev–Trinajstić information content (AvgIpc) is 2.59. The lowest BCUT2D eigenvalue weighted by atomic mass is 9.86. The maximum Gasteiger partial charge on any atom is 0.294 e. The molecule has 1 aliphatic heterocycles. The maximum atomic E-state index is 12.6. The summed E-state index contributed by atoms with van der Waals surface area (Å²) in [7, 11) is 0. The SMILES string of the molecule is CCCCCN1C(=O)C(C)(C)c2cc(N)c([N+](=O)[O-])cc21. The molecule has 1 heterocycles. The van der Waals surface area contributed by atoms with Crippen LogP contribution in [-0.2, 0) is 10.2 Å². The number of nitrogen functional groups attached to an aromatic ring is 1. The summed E-state index contributed by atoms with van der Waals surface area (Å²) in [6.45, 7) is 6.35. The van der Waals surface area contributed by atoms with E-state index in [1.165, 1.54) is 6.07 Å². The molecule has 0 unspecified atom stereocenters. The van der Waals surface area contributed by atoms with Crippen molar-refractivity contribution in [2.75, 3.05) is 17.2 Å². The molecule has 2 rings (SSSR count). The van der Waals surface area contributed by atoms with Crippen LogP contribution < -0.4 is 10.6 Å². The van der Waals surface area contributed by atoms with Crippen LogP contribution in [0.15, 0.2) is 12.1 Å². The van der Waals surface area contributed by atoms with Gasteiger partial charge >= 0.3 is 0 Å². The normalized spacial score (nSPS) is 16.1. The van der Waals surface area contributed by atoms with Crippen LogP contribution in [0.2, 0.25) is 0 Å². The fourth-order valence-electron chi connectivity index (χ4n) is 2.78. The van der Waals surface area contributed by atoms with Crippen molar-refractivity contribution < 1.29 is 9.72 Å². The molecule has 0 saturated carbocycles. The number of rotatable bonds is 5. The Labute approximate surface area is 124 Å². The van der Waals surface area contributed by atoms with E-state index >= 15 is 0 Å². The van der Waals surface area contributed by atoms with E-state index in [-0.39, 0.29) is 17.3 Å². The Morgan fingerprint density at radius 1 is 1.33 bits per heavy atom. The quantitative estimate of drug-likeness (QED) is 0.391. The molecule has 1 aromatic carbocycles. The van der Waals surface area contributed by atoms with E-state index in [0.29, 0.717) is 12.2 Å². The molecule has 6 nitrogen and oxygen atoms in total. The lowest BCUT2D eigenvalue weighted by Crippen LogP contribution is -2.36. The van der Waals surface area contributed by atoms with Gasteiger partial charge in [-0.1, -0.05) is 19.8 Å². The summed E-state index contributed by atoms with van der Waals surface area (Å²) in [5.41, 5.74) is 6.43. The Morgan fingerprint density at radius 2 is 2.00 bits per heavy atom. The molecule has 0 saturated heterocycles. The number of nitro groups is 1. The summed E-state index contributed by atoms with van der Waals surface area (Å²) in [6.07, 6.45) is 2.96. The Morgan fingerprint density at radius 3 is 2.57 bits per heavy atom. The van der Waals surface area contributed by atoms with Crippen LogP contribution in [0.1, 0.15) is 45.6 Å². The van der Waals surface area contributed by atoms with Gasteiger partial charge in [-0.3, -0.25) is 14.9 Å². The largest absolute Gasteiger partial charge is 0.393 e. The number of nitrogens with zero attached hydrogens (tertiary/aromatic N) is 2. The molecule has 1 amide bonds. The van der Waals surface area contributed by atoms with Crippen LogP contribution in [0.3, 0.4) is 0 Å². The van der Waals surface area contributed by atoms with E-state index < -0.39 is 10.3 Å². The number of nitrogens with two attached hydrogens (primary N) is 1. The minimum atomic E-state index is -0.690. The van der Waals surface area contributed by atoms with Crippen LogP contribution >= 0.6 is 0 Å². The lowest BCUT2D eigenvalue weighted by molar-refractivity contribution is -0.383. The third kappa shape index (κ3) is 2.46. The third-order valence-corrected chi connectivity index (χ3v) is 4.07. The molecule has 0 atom stereocenters. The predicted octanol–water partition coefficient (Wildman–Crippen LogP) is 2.99. The second kappa shape index (κ2) is 5.35. The first-order valence-electron chi connectivity index (χ1n) is 7.21. The Kier molecular flexibility index (Phi) is 3.89. The zero-order chi connectivity index (χ0) is 15.8. The van der Waals surface area contributed by atoms with Crippen LogP contribution in [-0.4, -0.2) is 17.4 Å². The standard InChI is InChI=1S/C15H21N3O3/c1-4-5-6-7-17-12-9-13(18(20)21)11(16)8-10(12)15(2,3)14(17)19/h8-9H,4-7,16H2,1-3H3. The van der Waals surface area contributed by atoms with E-state index in [1.54, 1.807) is 11.0 Å². The van der Waals surface area contributed by atoms with Crippen molar-refractivity contribution in [3.05, 3.63) is 27.8 Å². The zero-order valence-electron chi connectivity index (χ0n) is 12.7. The molecule has 0 fully saturated rings. The molecule has 0 aromatic heterocycles. The smallest absolute Gasteiger partial charge is 0.294 e. The predicted molar refractivity (Wildman–Crippen MR) is 82.4 cm³/mol. The summed E-state index contributed by atoms with van der Waals surface area (Å²) in [6, 6.07) is 3.01. The van der Waals surface area contributed by atoms with E-state index in [0.717, 1.165) is 24.8 Å². The highest BCUT2D eigenvalue weighted by Gasteiger charge is 2.44. The summed E-state index contributed by atoms with van der Waals surface area (Å²) in [5, 5.41) is 11.1. The first-order chi connectivity index (χ1) is 9.80. The highest BCUT2D eigenvalue weighted by Crippen LogP contribution is 2.45. The number of benzene rings is 1. The molecule has 1 aliphatic rings. The van der Waals surface area contributed by atoms with Crippen LogP contribution in [0, 0.1) is 10.1 Å². The van der Waals surface area contributed by atoms with Crippen molar-refractivity contribution in [2.24, 2.45) is 0 Å². The molecule has 2 N–H and O–H groups in total. The number of hydrogen-bond acceptors (Lipinski definition) is 4. The number of hydrogen-bond donors (Lipinski definition) is 1. The summed E-state index contributed by atoms with van der Waals surface area (Å²) in [4.78, 5) is 24.8. The van der Waals surface area contributed by atoms with Gasteiger partial charge in [-0.2, -0.15) is 0 Å². The number of anilines is 2. The fraction of sp³-hybridized carbons (Fsp3) is 0.533.